The standard InChI is InChI=1S/C16H23ClN2O/c1-2-14-11-19(7-8-20-14)16-6-3-12(9-15(16)17)10-18-13-4-5-13/h3,6,9,13-14,18H,2,4-5,7-8,10-11H2,1H3. The molecule has 3 rings (SSSR count). The molecule has 1 aromatic rings. The smallest absolute Gasteiger partial charge is 0.0748 e. The summed E-state index contributed by atoms with van der Waals surface area (Å²) in [6.45, 7) is 5.75. The Labute approximate surface area is 126 Å². The Kier molecular flexibility index (Phi) is 4.49. The molecule has 2 fully saturated rings. The molecule has 110 valence electrons. The van der Waals surface area contributed by atoms with Gasteiger partial charge >= 0.3 is 0 Å². The summed E-state index contributed by atoms with van der Waals surface area (Å²) in [7, 11) is 0. The molecule has 1 saturated heterocycles. The minimum absolute atomic E-state index is 0.330. The van der Waals surface area contributed by atoms with Crippen molar-refractivity contribution in [2.24, 2.45) is 0 Å². The quantitative estimate of drug-likeness (QED) is 0.902. The second-order valence-corrected chi connectivity index (χ2v) is 6.20. The van der Waals surface area contributed by atoms with E-state index in [4.69, 9.17) is 16.3 Å². The Morgan fingerprint density at radius 3 is 2.95 bits per heavy atom. The number of nitrogens with zero attached hydrogens (tertiary/aromatic N) is 1. The average Bonchev–Trinajstić information content (AvgIpc) is 3.29. The summed E-state index contributed by atoms with van der Waals surface area (Å²) in [6.07, 6.45) is 4.02. The summed E-state index contributed by atoms with van der Waals surface area (Å²) >= 11 is 6.47. The molecule has 1 aliphatic heterocycles. The molecule has 1 unspecified atom stereocenters. The minimum atomic E-state index is 0.330. The van der Waals surface area contributed by atoms with Crippen molar-refractivity contribution >= 4 is 17.3 Å². The van der Waals surface area contributed by atoms with E-state index in [1.807, 2.05) is 0 Å². The lowest BCUT2D eigenvalue weighted by atomic mass is 10.1. The summed E-state index contributed by atoms with van der Waals surface area (Å²) in [5.41, 5.74) is 2.41. The van der Waals surface area contributed by atoms with Crippen molar-refractivity contribution in [3.8, 4) is 0 Å². The molecule has 0 amide bonds. The summed E-state index contributed by atoms with van der Waals surface area (Å²) in [4.78, 5) is 2.35. The second-order valence-electron chi connectivity index (χ2n) is 5.79. The number of nitrogens with one attached hydrogen (secondary N) is 1. The third-order valence-electron chi connectivity index (χ3n) is 4.12. The maximum atomic E-state index is 6.47. The predicted molar refractivity (Wildman–Crippen MR) is 83.6 cm³/mol. The molecule has 1 atom stereocenters. The van der Waals surface area contributed by atoms with Gasteiger partial charge in [0, 0.05) is 25.7 Å². The lowest BCUT2D eigenvalue weighted by Gasteiger charge is -2.34. The van der Waals surface area contributed by atoms with E-state index >= 15 is 0 Å². The molecule has 1 saturated carbocycles. The molecule has 0 bridgehead atoms. The van der Waals surface area contributed by atoms with Gasteiger partial charge in [0.1, 0.15) is 0 Å². The Balaban J connectivity index is 1.66. The van der Waals surface area contributed by atoms with Crippen LogP contribution in [0, 0.1) is 0 Å². The van der Waals surface area contributed by atoms with Crippen molar-refractivity contribution in [3.63, 3.8) is 0 Å². The van der Waals surface area contributed by atoms with E-state index in [0.29, 0.717) is 6.10 Å². The van der Waals surface area contributed by atoms with Crippen molar-refractivity contribution in [3.05, 3.63) is 28.8 Å². The van der Waals surface area contributed by atoms with Gasteiger partial charge in [0.05, 0.1) is 23.4 Å². The zero-order valence-electron chi connectivity index (χ0n) is 12.1. The Hall–Kier alpha value is -0.770. The van der Waals surface area contributed by atoms with Gasteiger partial charge in [0.25, 0.3) is 0 Å². The van der Waals surface area contributed by atoms with E-state index in [-0.39, 0.29) is 0 Å². The van der Waals surface area contributed by atoms with Crippen LogP contribution in [0.15, 0.2) is 18.2 Å². The van der Waals surface area contributed by atoms with E-state index in [9.17, 15) is 0 Å². The molecule has 0 aromatic heterocycles. The minimum Gasteiger partial charge on any atom is -0.375 e. The van der Waals surface area contributed by atoms with Crippen molar-refractivity contribution in [1.29, 1.82) is 0 Å². The summed E-state index contributed by atoms with van der Waals surface area (Å²) in [5, 5.41) is 4.38. The molecule has 1 aliphatic carbocycles. The van der Waals surface area contributed by atoms with Crippen LogP contribution < -0.4 is 10.2 Å². The fourth-order valence-electron chi connectivity index (χ4n) is 2.65. The average molecular weight is 295 g/mol. The fraction of sp³-hybridized carbons (Fsp3) is 0.625. The van der Waals surface area contributed by atoms with E-state index in [0.717, 1.165) is 49.4 Å². The summed E-state index contributed by atoms with van der Waals surface area (Å²) in [6, 6.07) is 7.18. The monoisotopic (exact) mass is 294 g/mol. The van der Waals surface area contributed by atoms with E-state index in [2.05, 4.69) is 35.3 Å². The van der Waals surface area contributed by atoms with E-state index in [1.54, 1.807) is 0 Å². The lowest BCUT2D eigenvalue weighted by Crippen LogP contribution is -2.42. The molecule has 1 N–H and O–H groups in total. The first-order chi connectivity index (χ1) is 9.76. The first-order valence-electron chi connectivity index (χ1n) is 7.64. The highest BCUT2D eigenvalue weighted by molar-refractivity contribution is 6.33. The molecule has 0 radical (unpaired) electrons. The van der Waals surface area contributed by atoms with Gasteiger partial charge in [0.15, 0.2) is 0 Å². The van der Waals surface area contributed by atoms with Gasteiger partial charge in [-0.25, -0.2) is 0 Å². The number of anilines is 1. The van der Waals surface area contributed by atoms with Crippen LogP contribution in [-0.2, 0) is 11.3 Å². The van der Waals surface area contributed by atoms with Crippen molar-refractivity contribution in [2.75, 3.05) is 24.6 Å². The number of halogens is 1. The molecular formula is C16H23ClN2O. The third-order valence-corrected chi connectivity index (χ3v) is 4.42. The maximum Gasteiger partial charge on any atom is 0.0748 e. The molecule has 3 nitrogen and oxygen atoms in total. The largest absolute Gasteiger partial charge is 0.375 e. The Bertz CT molecular complexity index is 462. The lowest BCUT2D eigenvalue weighted by molar-refractivity contribution is 0.0384. The van der Waals surface area contributed by atoms with Gasteiger partial charge in [-0.3, -0.25) is 0 Å². The zero-order chi connectivity index (χ0) is 13.9. The predicted octanol–water partition coefficient (Wildman–Crippen LogP) is 3.21. The molecular weight excluding hydrogens is 272 g/mol. The van der Waals surface area contributed by atoms with Crippen LogP contribution in [0.1, 0.15) is 31.7 Å². The zero-order valence-corrected chi connectivity index (χ0v) is 12.8. The number of rotatable bonds is 5. The van der Waals surface area contributed by atoms with Crippen LogP contribution in [0.5, 0.6) is 0 Å². The van der Waals surface area contributed by atoms with Crippen LogP contribution in [-0.4, -0.2) is 31.8 Å². The highest BCUT2D eigenvalue weighted by Crippen LogP contribution is 2.29. The molecule has 4 heteroatoms. The van der Waals surface area contributed by atoms with Crippen molar-refractivity contribution in [2.45, 2.75) is 44.9 Å². The molecule has 1 aromatic carbocycles. The van der Waals surface area contributed by atoms with Gasteiger partial charge < -0.3 is 15.0 Å². The first kappa shape index (κ1) is 14.2. The van der Waals surface area contributed by atoms with E-state index in [1.165, 1.54) is 18.4 Å². The number of benzene rings is 1. The topological polar surface area (TPSA) is 24.5 Å². The highest BCUT2D eigenvalue weighted by atomic mass is 35.5. The Morgan fingerprint density at radius 2 is 2.25 bits per heavy atom. The number of ether oxygens (including phenoxy) is 1. The second kappa shape index (κ2) is 6.33. The molecule has 2 aliphatic rings. The molecule has 0 spiro atoms. The van der Waals surface area contributed by atoms with Crippen molar-refractivity contribution < 1.29 is 4.74 Å². The van der Waals surface area contributed by atoms with Gasteiger partial charge in [-0.2, -0.15) is 0 Å². The number of hydrogen-bond acceptors (Lipinski definition) is 3. The third kappa shape index (κ3) is 3.46. The summed E-state index contributed by atoms with van der Waals surface area (Å²) < 4.78 is 5.72. The van der Waals surface area contributed by atoms with Gasteiger partial charge in [-0.1, -0.05) is 24.6 Å². The van der Waals surface area contributed by atoms with Crippen molar-refractivity contribution in [1.82, 2.24) is 5.32 Å². The van der Waals surface area contributed by atoms with Gasteiger partial charge in [0.2, 0.25) is 0 Å². The van der Waals surface area contributed by atoms with Gasteiger partial charge in [-0.15, -0.1) is 0 Å². The number of morpholine rings is 1. The molecule has 20 heavy (non-hydrogen) atoms. The summed E-state index contributed by atoms with van der Waals surface area (Å²) in [5.74, 6) is 0. The first-order valence-corrected chi connectivity index (χ1v) is 8.02. The van der Waals surface area contributed by atoms with Crippen LogP contribution in [0.4, 0.5) is 5.69 Å². The number of hydrogen-bond donors (Lipinski definition) is 1. The normalized spacial score (nSPS) is 23.1. The Morgan fingerprint density at radius 1 is 1.40 bits per heavy atom. The van der Waals surface area contributed by atoms with E-state index < -0.39 is 0 Å². The SMILES string of the molecule is CCC1CN(c2ccc(CNC3CC3)cc2Cl)CCO1. The fourth-order valence-corrected chi connectivity index (χ4v) is 2.97. The van der Waals surface area contributed by atoms with Crippen LogP contribution in [0.2, 0.25) is 5.02 Å². The highest BCUT2D eigenvalue weighted by Gasteiger charge is 2.22. The maximum absolute atomic E-state index is 6.47. The molecule has 1 heterocycles. The van der Waals surface area contributed by atoms with Crippen LogP contribution in [0.3, 0.4) is 0 Å². The van der Waals surface area contributed by atoms with Crippen LogP contribution in [0.25, 0.3) is 0 Å². The van der Waals surface area contributed by atoms with Crippen LogP contribution >= 0.6 is 11.6 Å². The van der Waals surface area contributed by atoms with Gasteiger partial charge in [-0.05, 0) is 37.0 Å².